The molecule has 0 radical (unpaired) electrons. The predicted molar refractivity (Wildman–Crippen MR) is 108 cm³/mol. The summed E-state index contributed by atoms with van der Waals surface area (Å²) in [5.41, 5.74) is 4.41. The summed E-state index contributed by atoms with van der Waals surface area (Å²) in [7, 11) is 0. The van der Waals surface area contributed by atoms with Gasteiger partial charge in [0.05, 0.1) is 11.8 Å². The molecule has 1 aromatic heterocycles. The number of aromatic nitrogens is 2. The van der Waals surface area contributed by atoms with Gasteiger partial charge >= 0.3 is 0 Å². The highest BCUT2D eigenvalue weighted by Gasteiger charge is 2.13. The van der Waals surface area contributed by atoms with Crippen LogP contribution < -0.4 is 5.32 Å². The molecule has 0 unspecified atom stereocenters. The molecule has 0 saturated carbocycles. The summed E-state index contributed by atoms with van der Waals surface area (Å²) in [6.07, 6.45) is 1.01. The van der Waals surface area contributed by atoms with E-state index in [1.807, 2.05) is 38.1 Å². The van der Waals surface area contributed by atoms with E-state index in [0.29, 0.717) is 11.1 Å². The van der Waals surface area contributed by atoms with Crippen LogP contribution in [-0.2, 0) is 11.2 Å². The van der Waals surface area contributed by atoms with Crippen molar-refractivity contribution in [1.82, 2.24) is 15.5 Å². The molecule has 3 rings (SSSR count). The van der Waals surface area contributed by atoms with Gasteiger partial charge in [0, 0.05) is 5.56 Å². The topological polar surface area (TPSA) is 68.0 Å². The van der Waals surface area contributed by atoms with Gasteiger partial charge in [0.25, 0.3) is 5.22 Å². The number of thioether (sulfide) groups is 1. The van der Waals surface area contributed by atoms with Crippen LogP contribution in [-0.4, -0.2) is 21.9 Å². The molecule has 5 nitrogen and oxygen atoms in total. The Balaban J connectivity index is 1.52. The van der Waals surface area contributed by atoms with Gasteiger partial charge in [0.15, 0.2) is 0 Å². The predicted octanol–water partition coefficient (Wildman–Crippen LogP) is 4.58. The van der Waals surface area contributed by atoms with E-state index in [9.17, 15) is 4.79 Å². The Kier molecular flexibility index (Phi) is 6.29. The Hall–Kier alpha value is -2.60. The van der Waals surface area contributed by atoms with Crippen LogP contribution >= 0.6 is 11.8 Å². The molecular weight excluding hydrogens is 358 g/mol. The van der Waals surface area contributed by atoms with Crippen LogP contribution in [0.1, 0.15) is 36.6 Å². The fraction of sp³-hybridized carbons (Fsp3) is 0.286. The van der Waals surface area contributed by atoms with E-state index >= 15 is 0 Å². The number of carbonyl (C=O) groups excluding carboxylic acids is 1. The highest BCUT2D eigenvalue weighted by molar-refractivity contribution is 7.99. The van der Waals surface area contributed by atoms with E-state index in [0.717, 1.165) is 17.5 Å². The van der Waals surface area contributed by atoms with Gasteiger partial charge < -0.3 is 9.73 Å². The number of amides is 1. The summed E-state index contributed by atoms with van der Waals surface area (Å²) in [4.78, 5) is 12.2. The Bertz CT molecular complexity index is 889. The monoisotopic (exact) mass is 381 g/mol. The van der Waals surface area contributed by atoms with Crippen LogP contribution in [0.25, 0.3) is 11.5 Å². The van der Waals surface area contributed by atoms with E-state index < -0.39 is 0 Å². The van der Waals surface area contributed by atoms with Crippen LogP contribution in [0, 0.1) is 6.92 Å². The molecule has 1 heterocycles. The lowest BCUT2D eigenvalue weighted by Crippen LogP contribution is -2.28. The normalized spacial score (nSPS) is 12.0. The van der Waals surface area contributed by atoms with Gasteiger partial charge in [-0.2, -0.15) is 0 Å². The van der Waals surface area contributed by atoms with Crippen LogP contribution in [0.3, 0.4) is 0 Å². The second-order valence-corrected chi connectivity index (χ2v) is 7.34. The van der Waals surface area contributed by atoms with Gasteiger partial charge in [-0.05, 0) is 43.5 Å². The van der Waals surface area contributed by atoms with Crippen molar-refractivity contribution in [3.63, 3.8) is 0 Å². The Morgan fingerprint density at radius 2 is 1.81 bits per heavy atom. The molecule has 2 aromatic carbocycles. The van der Waals surface area contributed by atoms with E-state index in [1.54, 1.807) is 0 Å². The smallest absolute Gasteiger partial charge is 0.277 e. The molecule has 0 aliphatic carbocycles. The second-order valence-electron chi connectivity index (χ2n) is 6.41. The van der Waals surface area contributed by atoms with Crippen molar-refractivity contribution in [3.05, 3.63) is 65.2 Å². The summed E-state index contributed by atoms with van der Waals surface area (Å²) in [6, 6.07) is 16.1. The van der Waals surface area contributed by atoms with E-state index in [-0.39, 0.29) is 17.7 Å². The molecule has 0 bridgehead atoms. The number of nitrogens with zero attached hydrogens (tertiary/aromatic N) is 2. The first kappa shape index (κ1) is 19.2. The molecule has 3 aromatic rings. The number of benzene rings is 2. The zero-order valence-electron chi connectivity index (χ0n) is 15.7. The molecule has 6 heteroatoms. The summed E-state index contributed by atoms with van der Waals surface area (Å²) >= 11 is 1.24. The maximum Gasteiger partial charge on any atom is 0.277 e. The maximum atomic E-state index is 12.2. The first-order valence-corrected chi connectivity index (χ1v) is 9.95. The van der Waals surface area contributed by atoms with Crippen molar-refractivity contribution in [3.8, 4) is 11.5 Å². The molecule has 0 aliphatic heterocycles. The first-order valence-electron chi connectivity index (χ1n) is 8.96. The zero-order valence-corrected chi connectivity index (χ0v) is 16.5. The molecule has 1 N–H and O–H groups in total. The number of hydrogen-bond acceptors (Lipinski definition) is 5. The lowest BCUT2D eigenvalue weighted by molar-refractivity contribution is -0.119. The van der Waals surface area contributed by atoms with Gasteiger partial charge in [-0.25, -0.2) is 0 Å². The first-order chi connectivity index (χ1) is 13.0. The van der Waals surface area contributed by atoms with Gasteiger partial charge in [0.1, 0.15) is 0 Å². The van der Waals surface area contributed by atoms with E-state index in [2.05, 4.69) is 46.7 Å². The van der Waals surface area contributed by atoms with Crippen molar-refractivity contribution in [1.29, 1.82) is 0 Å². The Labute approximate surface area is 163 Å². The van der Waals surface area contributed by atoms with Gasteiger partial charge in [-0.15, -0.1) is 10.2 Å². The van der Waals surface area contributed by atoms with Crippen LogP contribution in [0.2, 0.25) is 0 Å². The lowest BCUT2D eigenvalue weighted by atomic mass is 10.1. The van der Waals surface area contributed by atoms with Crippen molar-refractivity contribution >= 4 is 17.7 Å². The lowest BCUT2D eigenvalue weighted by Gasteiger charge is -2.14. The molecule has 1 amide bonds. The van der Waals surface area contributed by atoms with Gasteiger partial charge in [-0.3, -0.25) is 4.79 Å². The maximum absolute atomic E-state index is 12.2. The minimum atomic E-state index is -0.0675. The number of rotatable bonds is 7. The average Bonchev–Trinajstić information content (AvgIpc) is 3.16. The fourth-order valence-corrected chi connectivity index (χ4v) is 3.19. The molecule has 27 heavy (non-hydrogen) atoms. The summed E-state index contributed by atoms with van der Waals surface area (Å²) in [6.45, 7) is 6.13. The molecule has 0 spiro atoms. The number of hydrogen-bond donors (Lipinski definition) is 1. The minimum Gasteiger partial charge on any atom is -0.411 e. The summed E-state index contributed by atoms with van der Waals surface area (Å²) < 4.78 is 5.64. The average molecular weight is 382 g/mol. The standard InChI is InChI=1S/C21H23N3O2S/c1-4-16-7-11-17(12-8-16)15(3)22-19(25)13-27-21-24-23-20(26-21)18-9-5-14(2)6-10-18/h5-12,15H,4,13H2,1-3H3,(H,22,25)/t15-/m1/s1. The third-order valence-electron chi connectivity index (χ3n) is 4.30. The van der Waals surface area contributed by atoms with Crippen molar-refractivity contribution < 1.29 is 9.21 Å². The Morgan fingerprint density at radius 3 is 2.48 bits per heavy atom. The van der Waals surface area contributed by atoms with Gasteiger partial charge in [0.2, 0.25) is 11.8 Å². The van der Waals surface area contributed by atoms with Gasteiger partial charge in [-0.1, -0.05) is 60.6 Å². The highest BCUT2D eigenvalue weighted by Crippen LogP contribution is 2.23. The summed E-state index contributed by atoms with van der Waals surface area (Å²) in [5, 5.41) is 11.4. The fourth-order valence-electron chi connectivity index (χ4n) is 2.62. The largest absolute Gasteiger partial charge is 0.411 e. The third-order valence-corrected chi connectivity index (χ3v) is 5.12. The number of aryl methyl sites for hydroxylation is 2. The quantitative estimate of drug-likeness (QED) is 0.607. The second kappa shape index (κ2) is 8.86. The van der Waals surface area contributed by atoms with E-state index in [4.69, 9.17) is 4.42 Å². The van der Waals surface area contributed by atoms with Crippen LogP contribution in [0.4, 0.5) is 0 Å². The minimum absolute atomic E-state index is 0.0465. The van der Waals surface area contributed by atoms with Crippen LogP contribution in [0.15, 0.2) is 58.2 Å². The van der Waals surface area contributed by atoms with Crippen molar-refractivity contribution in [2.24, 2.45) is 0 Å². The zero-order chi connectivity index (χ0) is 19.2. The number of carbonyl (C=O) groups is 1. The molecule has 0 aliphatic rings. The molecule has 0 saturated heterocycles. The molecule has 0 fully saturated rings. The van der Waals surface area contributed by atoms with Crippen molar-refractivity contribution in [2.45, 2.75) is 38.5 Å². The Morgan fingerprint density at radius 1 is 1.11 bits per heavy atom. The molecule has 1 atom stereocenters. The summed E-state index contributed by atoms with van der Waals surface area (Å²) in [5.74, 6) is 0.622. The SMILES string of the molecule is CCc1ccc([C@@H](C)NC(=O)CSc2nnc(-c3ccc(C)cc3)o2)cc1. The third kappa shape index (κ3) is 5.20. The van der Waals surface area contributed by atoms with Crippen molar-refractivity contribution in [2.75, 3.05) is 5.75 Å². The molecule has 140 valence electrons. The van der Waals surface area contributed by atoms with E-state index in [1.165, 1.54) is 22.9 Å². The number of nitrogens with one attached hydrogen (secondary N) is 1. The van der Waals surface area contributed by atoms with Crippen LogP contribution in [0.5, 0.6) is 0 Å². The molecular formula is C21H23N3O2S. The highest BCUT2D eigenvalue weighted by atomic mass is 32.2.